The molecule has 2 aliphatic rings. The maximum atomic E-state index is 11.5. The lowest BCUT2D eigenvalue weighted by Gasteiger charge is -2.29. The third-order valence-electron chi connectivity index (χ3n) is 11.0. The Kier molecular flexibility index (Phi) is 7.08. The molecule has 1 N–H and O–H groups in total. The Bertz CT molecular complexity index is 2550. The SMILES string of the molecule is C=N/C(=C\c1ccc(-c2cc3ccc(N(c4ccc5c(c4)C(C)(C)c4ccccc4-5)c4ccc5c(c4)C(C)(C)c4ccccc4-5)cc3o2)s1)C(=O)O. The van der Waals surface area contributed by atoms with Crippen molar-refractivity contribution in [3.8, 4) is 32.9 Å². The second-order valence-corrected chi connectivity index (χ2v) is 15.8. The lowest BCUT2D eigenvalue weighted by Crippen LogP contribution is -2.18. The predicted molar refractivity (Wildman–Crippen MR) is 214 cm³/mol. The molecule has 254 valence electrons. The minimum atomic E-state index is -1.11. The molecular formula is C46H36N2O3S. The van der Waals surface area contributed by atoms with Crippen LogP contribution in [0.1, 0.15) is 54.8 Å². The van der Waals surface area contributed by atoms with Crippen molar-refractivity contribution in [2.45, 2.75) is 38.5 Å². The molecule has 6 heteroatoms. The molecule has 0 spiro atoms. The van der Waals surface area contributed by atoms with Crippen LogP contribution in [-0.4, -0.2) is 17.8 Å². The first-order valence-corrected chi connectivity index (χ1v) is 18.2. The number of fused-ring (bicyclic) bond motifs is 7. The second kappa shape index (κ2) is 11.5. The van der Waals surface area contributed by atoms with E-state index in [1.807, 2.05) is 18.2 Å². The normalized spacial score (nSPS) is 14.8. The molecule has 0 unspecified atom stereocenters. The van der Waals surface area contributed by atoms with Gasteiger partial charge in [-0.25, -0.2) is 4.79 Å². The highest BCUT2D eigenvalue weighted by molar-refractivity contribution is 7.16. The predicted octanol–water partition coefficient (Wildman–Crippen LogP) is 12.4. The number of thiophene rings is 1. The zero-order chi connectivity index (χ0) is 35.9. The number of carbonyl (C=O) groups is 1. The summed E-state index contributed by atoms with van der Waals surface area (Å²) in [5, 5.41) is 10.4. The van der Waals surface area contributed by atoms with Crippen molar-refractivity contribution in [2.75, 3.05) is 4.90 Å². The number of carboxylic acids is 1. The highest BCUT2D eigenvalue weighted by atomic mass is 32.1. The molecule has 7 aromatic rings. The number of nitrogens with zero attached hydrogens (tertiary/aromatic N) is 2. The number of hydrogen-bond acceptors (Lipinski definition) is 5. The minimum Gasteiger partial charge on any atom is -0.477 e. The number of carboxylic acid groups (broad SMARTS) is 1. The molecule has 2 aliphatic carbocycles. The minimum absolute atomic E-state index is 0.0969. The molecule has 5 aromatic carbocycles. The summed E-state index contributed by atoms with van der Waals surface area (Å²) >= 11 is 1.45. The van der Waals surface area contributed by atoms with E-state index in [-0.39, 0.29) is 16.5 Å². The first-order chi connectivity index (χ1) is 25.0. The van der Waals surface area contributed by atoms with Gasteiger partial charge in [-0.1, -0.05) is 88.4 Å². The molecule has 52 heavy (non-hydrogen) atoms. The summed E-state index contributed by atoms with van der Waals surface area (Å²) in [6, 6.07) is 43.5. The van der Waals surface area contributed by atoms with Crippen LogP contribution in [0.25, 0.3) is 49.9 Å². The zero-order valence-electron chi connectivity index (χ0n) is 29.4. The van der Waals surface area contributed by atoms with E-state index in [1.54, 1.807) is 0 Å². The van der Waals surface area contributed by atoms with Crippen LogP contribution in [0, 0.1) is 0 Å². The Labute approximate surface area is 306 Å². The molecule has 0 atom stereocenters. The van der Waals surface area contributed by atoms with Crippen molar-refractivity contribution < 1.29 is 14.3 Å². The van der Waals surface area contributed by atoms with Crippen LogP contribution in [0.3, 0.4) is 0 Å². The fourth-order valence-electron chi connectivity index (χ4n) is 8.26. The maximum Gasteiger partial charge on any atom is 0.354 e. The summed E-state index contributed by atoms with van der Waals surface area (Å²) in [4.78, 5) is 19.1. The van der Waals surface area contributed by atoms with Gasteiger partial charge in [0.15, 0.2) is 0 Å². The fourth-order valence-corrected chi connectivity index (χ4v) is 9.16. The van der Waals surface area contributed by atoms with E-state index in [0.29, 0.717) is 0 Å². The molecule has 0 bridgehead atoms. The van der Waals surface area contributed by atoms with Gasteiger partial charge in [-0.2, -0.15) is 0 Å². The summed E-state index contributed by atoms with van der Waals surface area (Å²) in [7, 11) is 0. The number of furan rings is 1. The van der Waals surface area contributed by atoms with Gasteiger partial charge >= 0.3 is 5.97 Å². The maximum absolute atomic E-state index is 11.5. The smallest absolute Gasteiger partial charge is 0.354 e. The lowest BCUT2D eigenvalue weighted by molar-refractivity contribution is -0.132. The van der Waals surface area contributed by atoms with Crippen molar-refractivity contribution in [3.63, 3.8) is 0 Å². The van der Waals surface area contributed by atoms with Crippen LogP contribution in [-0.2, 0) is 15.6 Å². The van der Waals surface area contributed by atoms with E-state index in [2.05, 4.69) is 147 Å². The van der Waals surface area contributed by atoms with E-state index in [0.717, 1.165) is 43.5 Å². The monoisotopic (exact) mass is 696 g/mol. The van der Waals surface area contributed by atoms with E-state index < -0.39 is 5.97 Å². The quantitative estimate of drug-likeness (QED) is 0.133. The van der Waals surface area contributed by atoms with Crippen molar-refractivity contribution in [3.05, 3.63) is 154 Å². The van der Waals surface area contributed by atoms with E-state index in [9.17, 15) is 9.90 Å². The molecule has 2 heterocycles. The van der Waals surface area contributed by atoms with Crippen molar-refractivity contribution in [1.82, 2.24) is 0 Å². The highest BCUT2D eigenvalue weighted by Gasteiger charge is 2.37. The summed E-state index contributed by atoms with van der Waals surface area (Å²) in [6.07, 6.45) is 1.52. The zero-order valence-corrected chi connectivity index (χ0v) is 30.2. The van der Waals surface area contributed by atoms with Gasteiger partial charge in [0.1, 0.15) is 17.0 Å². The summed E-state index contributed by atoms with van der Waals surface area (Å²) in [5.74, 6) is -0.389. The molecule has 0 saturated heterocycles. The summed E-state index contributed by atoms with van der Waals surface area (Å²) < 4.78 is 6.52. The van der Waals surface area contributed by atoms with E-state index in [4.69, 9.17) is 4.42 Å². The van der Waals surface area contributed by atoms with Crippen LogP contribution >= 0.6 is 11.3 Å². The molecule has 0 saturated carbocycles. The number of hydrogen-bond donors (Lipinski definition) is 1. The fraction of sp³-hybridized carbons (Fsp3) is 0.130. The van der Waals surface area contributed by atoms with Gasteiger partial charge in [0.05, 0.1) is 4.88 Å². The third-order valence-corrected chi connectivity index (χ3v) is 12.0. The van der Waals surface area contributed by atoms with Crippen molar-refractivity contribution in [2.24, 2.45) is 4.99 Å². The average molecular weight is 697 g/mol. The Hall–Kier alpha value is -5.98. The Balaban J connectivity index is 1.18. The average Bonchev–Trinajstić information content (AvgIpc) is 3.89. The highest BCUT2D eigenvalue weighted by Crippen LogP contribution is 2.53. The molecule has 0 radical (unpaired) electrons. The topological polar surface area (TPSA) is 66.0 Å². The van der Waals surface area contributed by atoms with Crippen LogP contribution in [0.15, 0.2) is 136 Å². The molecule has 0 amide bonds. The number of anilines is 3. The molecule has 0 fully saturated rings. The lowest BCUT2D eigenvalue weighted by atomic mass is 9.82. The van der Waals surface area contributed by atoms with Gasteiger partial charge in [0.2, 0.25) is 0 Å². The van der Waals surface area contributed by atoms with Gasteiger partial charge < -0.3 is 14.4 Å². The largest absolute Gasteiger partial charge is 0.477 e. The standard InChI is InChI=1S/C46H36N2O3S/c1-45(2)36-12-8-6-10-32(36)34-19-16-28(23-38(34)45)48(29-17-20-35-33-11-7-9-13-37(33)46(3,4)39(35)24-29)30-15-14-27-22-42(51-41(27)25-30)43-21-18-31(52-43)26-40(47-5)44(49)50/h6-26H,5H2,1-4H3,(H,49,50)/b40-26-. The molecule has 0 aliphatic heterocycles. The molecule has 5 nitrogen and oxygen atoms in total. The van der Waals surface area contributed by atoms with Crippen molar-refractivity contribution in [1.29, 1.82) is 0 Å². The number of benzene rings is 5. The van der Waals surface area contributed by atoms with Crippen molar-refractivity contribution >= 4 is 58.1 Å². The second-order valence-electron chi connectivity index (χ2n) is 14.7. The van der Waals surface area contributed by atoms with Gasteiger partial charge in [-0.05, 0) is 112 Å². The van der Waals surface area contributed by atoms with Gasteiger partial charge in [0.25, 0.3) is 0 Å². The Morgan fingerprint density at radius 3 is 1.81 bits per heavy atom. The third kappa shape index (κ3) is 4.82. The van der Waals surface area contributed by atoms with Crippen LogP contribution in [0.5, 0.6) is 0 Å². The van der Waals surface area contributed by atoms with E-state index >= 15 is 0 Å². The Morgan fingerprint density at radius 2 is 1.23 bits per heavy atom. The molecule has 9 rings (SSSR count). The van der Waals surface area contributed by atoms with Crippen LogP contribution < -0.4 is 4.90 Å². The van der Waals surface area contributed by atoms with Gasteiger partial charge in [-0.15, -0.1) is 11.3 Å². The number of rotatable bonds is 7. The first kappa shape index (κ1) is 32.0. The molecule has 2 aromatic heterocycles. The first-order valence-electron chi connectivity index (χ1n) is 17.4. The molecular weight excluding hydrogens is 661 g/mol. The Morgan fingerprint density at radius 1 is 0.692 bits per heavy atom. The van der Waals surface area contributed by atoms with Crippen LogP contribution in [0.4, 0.5) is 17.1 Å². The summed E-state index contributed by atoms with van der Waals surface area (Å²) in [5.41, 5.74) is 14.0. The van der Waals surface area contributed by atoms with E-state index in [1.165, 1.54) is 61.9 Å². The van der Waals surface area contributed by atoms with Gasteiger partial charge in [0, 0.05) is 44.2 Å². The van der Waals surface area contributed by atoms with Gasteiger partial charge in [-0.3, -0.25) is 4.99 Å². The van der Waals surface area contributed by atoms with Crippen LogP contribution in [0.2, 0.25) is 0 Å². The number of aliphatic imine (C=N–C) groups is 1. The number of aliphatic carboxylic acids is 1. The summed E-state index contributed by atoms with van der Waals surface area (Å²) in [6.45, 7) is 12.7.